The van der Waals surface area contributed by atoms with Gasteiger partial charge in [0.1, 0.15) is 0 Å². The van der Waals surface area contributed by atoms with E-state index in [9.17, 15) is 0 Å². The second-order valence-electron chi connectivity index (χ2n) is 12.1. The predicted molar refractivity (Wildman–Crippen MR) is 134 cm³/mol. The van der Waals surface area contributed by atoms with Gasteiger partial charge in [0.05, 0.1) is 0 Å². The molecule has 0 rings (SSSR count). The van der Waals surface area contributed by atoms with E-state index in [4.69, 9.17) is 0 Å². The van der Waals surface area contributed by atoms with Crippen molar-refractivity contribution in [2.45, 2.75) is 149 Å². The topological polar surface area (TPSA) is 0 Å². The molecule has 0 saturated carbocycles. The van der Waals surface area contributed by atoms with Gasteiger partial charge in [0.15, 0.2) is 0 Å². The minimum absolute atomic E-state index is 0.891. The standard InChI is InChI=1S/4C7H15.Zr/c4*1-4-5-6-7(2)3;/h4*7H,1,4-6H2,2-3H3;. The molecule has 0 aromatic carbocycles. The molecule has 0 fully saturated rings. The second-order valence-corrected chi connectivity index (χ2v) is 24.3. The van der Waals surface area contributed by atoms with Gasteiger partial charge in [-0.15, -0.1) is 0 Å². The Bertz CT molecular complexity index is 273. The Labute approximate surface area is 192 Å². The van der Waals surface area contributed by atoms with Crippen molar-refractivity contribution in [1.29, 1.82) is 0 Å². The molecule has 0 N–H and O–H groups in total. The summed E-state index contributed by atoms with van der Waals surface area (Å²) in [4.78, 5) is 0. The summed E-state index contributed by atoms with van der Waals surface area (Å²) in [6, 6.07) is 0. The van der Waals surface area contributed by atoms with Crippen LogP contribution < -0.4 is 0 Å². The molecule has 29 heavy (non-hydrogen) atoms. The summed E-state index contributed by atoms with van der Waals surface area (Å²) in [5, 5.41) is 0. The first-order chi connectivity index (χ1) is 13.7. The molecule has 0 nitrogen and oxygen atoms in total. The van der Waals surface area contributed by atoms with Crippen LogP contribution in [-0.2, 0) is 20.3 Å². The van der Waals surface area contributed by atoms with Gasteiger partial charge in [0.2, 0.25) is 0 Å². The molecular weight excluding hydrogens is 428 g/mol. The predicted octanol–water partition coefficient (Wildman–Crippen LogP) is 11.1. The van der Waals surface area contributed by atoms with Gasteiger partial charge in [0, 0.05) is 0 Å². The van der Waals surface area contributed by atoms with Crippen LogP contribution in [0.15, 0.2) is 0 Å². The summed E-state index contributed by atoms with van der Waals surface area (Å²) in [7, 11) is 0. The quantitative estimate of drug-likeness (QED) is 0.150. The van der Waals surface area contributed by atoms with E-state index < -0.39 is 20.3 Å². The molecule has 0 radical (unpaired) electrons. The maximum atomic E-state index is 2.40. The van der Waals surface area contributed by atoms with E-state index in [1.165, 1.54) is 51.4 Å². The van der Waals surface area contributed by atoms with Crippen molar-refractivity contribution < 1.29 is 20.3 Å². The van der Waals surface area contributed by atoms with Crippen molar-refractivity contribution in [2.75, 3.05) is 0 Å². The van der Waals surface area contributed by atoms with Crippen LogP contribution in [0.5, 0.6) is 0 Å². The van der Waals surface area contributed by atoms with E-state index >= 15 is 0 Å². The van der Waals surface area contributed by atoms with Gasteiger partial charge in [-0.1, -0.05) is 0 Å². The van der Waals surface area contributed by atoms with Crippen LogP contribution in [0.1, 0.15) is 132 Å². The maximum absolute atomic E-state index is 2.40. The summed E-state index contributed by atoms with van der Waals surface area (Å²) < 4.78 is 6.86. The SMILES string of the molecule is CC(C)CCC[CH2][Zr]([CH2]CCCC(C)C)([CH2]CCCC(C)C)[CH2]CCCC(C)C. The van der Waals surface area contributed by atoms with Crippen molar-refractivity contribution in [2.24, 2.45) is 23.7 Å². The third-order valence-corrected chi connectivity index (χ3v) is 20.9. The number of hydrogen-bond acceptors (Lipinski definition) is 0. The minimum atomic E-state index is -1.97. The van der Waals surface area contributed by atoms with Crippen molar-refractivity contribution >= 4 is 0 Å². The Morgan fingerprint density at radius 3 is 0.724 bits per heavy atom. The fraction of sp³-hybridized carbons (Fsp3) is 1.00. The average Bonchev–Trinajstić information content (AvgIpc) is 2.62. The van der Waals surface area contributed by atoms with E-state index in [0.717, 1.165) is 23.7 Å². The molecule has 0 aliphatic heterocycles. The molecule has 0 atom stereocenters. The van der Waals surface area contributed by atoms with E-state index in [1.54, 1.807) is 42.2 Å². The molecule has 176 valence electrons. The fourth-order valence-electron chi connectivity index (χ4n) is 4.96. The molecule has 0 aliphatic rings. The van der Waals surface area contributed by atoms with Crippen molar-refractivity contribution in [1.82, 2.24) is 0 Å². The molecule has 0 aliphatic carbocycles. The summed E-state index contributed by atoms with van der Waals surface area (Å²) in [5.41, 5.74) is 0. The first-order valence-electron chi connectivity index (χ1n) is 13.7. The first-order valence-corrected chi connectivity index (χ1v) is 20.6. The first kappa shape index (κ1) is 29.9. The van der Waals surface area contributed by atoms with Gasteiger partial charge >= 0.3 is 193 Å². The number of unbranched alkanes of at least 4 members (excludes halogenated alkanes) is 4. The van der Waals surface area contributed by atoms with Crippen LogP contribution >= 0.6 is 0 Å². The normalized spacial score (nSPS) is 12.8. The van der Waals surface area contributed by atoms with Crippen LogP contribution in [0.25, 0.3) is 0 Å². The van der Waals surface area contributed by atoms with Gasteiger partial charge in [-0.05, 0) is 0 Å². The Balaban J connectivity index is 4.86. The van der Waals surface area contributed by atoms with E-state index in [2.05, 4.69) is 55.4 Å². The molecule has 0 spiro atoms. The molecule has 0 aromatic heterocycles. The van der Waals surface area contributed by atoms with Gasteiger partial charge < -0.3 is 0 Å². The number of rotatable bonds is 20. The van der Waals surface area contributed by atoms with Crippen molar-refractivity contribution in [3.8, 4) is 0 Å². The van der Waals surface area contributed by atoms with Crippen LogP contribution in [0.3, 0.4) is 0 Å². The third kappa shape index (κ3) is 19.3. The average molecular weight is 488 g/mol. The summed E-state index contributed by atoms with van der Waals surface area (Å²) in [5.74, 6) is 3.57. The van der Waals surface area contributed by atoms with Crippen LogP contribution in [-0.4, -0.2) is 0 Å². The van der Waals surface area contributed by atoms with E-state index in [1.807, 2.05) is 0 Å². The summed E-state index contributed by atoms with van der Waals surface area (Å²) >= 11 is -1.97. The molecule has 0 aromatic rings. The second kappa shape index (κ2) is 18.5. The monoisotopic (exact) mass is 486 g/mol. The molecule has 0 amide bonds. The molecular formula is C28H60Zr. The summed E-state index contributed by atoms with van der Waals surface area (Å²) in [6.45, 7) is 19.2. The third-order valence-electron chi connectivity index (χ3n) is 6.95. The van der Waals surface area contributed by atoms with E-state index in [-0.39, 0.29) is 0 Å². The summed E-state index contributed by atoms with van der Waals surface area (Å²) in [6.07, 6.45) is 18.1. The fourth-order valence-corrected chi connectivity index (χ4v) is 18.5. The Morgan fingerprint density at radius 1 is 0.345 bits per heavy atom. The van der Waals surface area contributed by atoms with Crippen LogP contribution in [0.4, 0.5) is 0 Å². The van der Waals surface area contributed by atoms with Gasteiger partial charge in [0.25, 0.3) is 0 Å². The number of hydrogen-bond donors (Lipinski definition) is 0. The Kier molecular flexibility index (Phi) is 19.0. The van der Waals surface area contributed by atoms with Crippen molar-refractivity contribution in [3.05, 3.63) is 0 Å². The molecule has 0 bridgehead atoms. The van der Waals surface area contributed by atoms with Crippen LogP contribution in [0, 0.1) is 23.7 Å². The molecule has 0 heterocycles. The van der Waals surface area contributed by atoms with Crippen LogP contribution in [0.2, 0.25) is 16.5 Å². The Morgan fingerprint density at radius 2 is 0.552 bits per heavy atom. The van der Waals surface area contributed by atoms with Crippen molar-refractivity contribution in [3.63, 3.8) is 0 Å². The zero-order valence-electron chi connectivity index (χ0n) is 22.1. The zero-order chi connectivity index (χ0) is 22.1. The molecule has 0 unspecified atom stereocenters. The van der Waals surface area contributed by atoms with Gasteiger partial charge in [-0.3, -0.25) is 0 Å². The molecule has 1 heteroatoms. The Hall–Kier alpha value is 0.883. The zero-order valence-corrected chi connectivity index (χ0v) is 24.6. The molecule has 0 saturated heterocycles. The van der Waals surface area contributed by atoms with E-state index in [0.29, 0.717) is 0 Å². The van der Waals surface area contributed by atoms with Gasteiger partial charge in [-0.2, -0.15) is 0 Å². The van der Waals surface area contributed by atoms with Gasteiger partial charge in [-0.25, -0.2) is 0 Å².